The Morgan fingerprint density at radius 1 is 1.25 bits per heavy atom. The van der Waals surface area contributed by atoms with Crippen LogP contribution in [0.15, 0.2) is 23.6 Å². The van der Waals surface area contributed by atoms with Crippen LogP contribution in [0.4, 0.5) is 0 Å². The molecule has 0 aliphatic carbocycles. The first kappa shape index (κ1) is 20.5. The van der Waals surface area contributed by atoms with Gasteiger partial charge in [-0.3, -0.25) is 9.59 Å². The van der Waals surface area contributed by atoms with Gasteiger partial charge in [0.05, 0.1) is 17.2 Å². The van der Waals surface area contributed by atoms with Crippen LogP contribution in [0.1, 0.15) is 64.8 Å². The van der Waals surface area contributed by atoms with Crippen LogP contribution in [0, 0.1) is 19.8 Å². The molecule has 0 spiro atoms. The molecule has 1 aromatic heterocycles. The van der Waals surface area contributed by atoms with Gasteiger partial charge in [0.25, 0.3) is 5.91 Å². The Kier molecular flexibility index (Phi) is 6.50. The average Bonchev–Trinajstić information content (AvgIpc) is 3.13. The van der Waals surface area contributed by atoms with Crippen LogP contribution in [0.5, 0.6) is 0 Å². The minimum atomic E-state index is -0.0266. The van der Waals surface area contributed by atoms with E-state index in [4.69, 9.17) is 4.98 Å². The average molecular weight is 400 g/mol. The molecule has 0 unspecified atom stereocenters. The molecule has 2 heterocycles. The SMILES string of the molecule is Cc1cc(C)cc(C(=O)N2CCC[C@H](c3nc(CNC(=O)C(C)C)cs3)C2)c1. The number of hydrogen-bond acceptors (Lipinski definition) is 4. The zero-order valence-corrected chi connectivity index (χ0v) is 17.9. The minimum absolute atomic E-state index is 0.0266. The van der Waals surface area contributed by atoms with E-state index in [0.717, 1.165) is 46.8 Å². The zero-order valence-electron chi connectivity index (χ0n) is 17.1. The molecule has 0 saturated carbocycles. The molecule has 2 aromatic rings. The Hall–Kier alpha value is -2.21. The van der Waals surface area contributed by atoms with E-state index in [9.17, 15) is 9.59 Å². The van der Waals surface area contributed by atoms with E-state index >= 15 is 0 Å². The number of aromatic nitrogens is 1. The first-order valence-corrected chi connectivity index (χ1v) is 10.8. The minimum Gasteiger partial charge on any atom is -0.350 e. The summed E-state index contributed by atoms with van der Waals surface area (Å²) in [5, 5.41) is 5.99. The monoisotopic (exact) mass is 399 g/mol. The maximum Gasteiger partial charge on any atom is 0.253 e. The summed E-state index contributed by atoms with van der Waals surface area (Å²) in [6.45, 7) is 9.78. The highest BCUT2D eigenvalue weighted by molar-refractivity contribution is 7.09. The molecule has 1 aliphatic heterocycles. The largest absolute Gasteiger partial charge is 0.350 e. The number of rotatable bonds is 5. The molecule has 28 heavy (non-hydrogen) atoms. The van der Waals surface area contributed by atoms with Crippen LogP contribution >= 0.6 is 11.3 Å². The van der Waals surface area contributed by atoms with E-state index in [0.29, 0.717) is 13.1 Å². The number of aryl methyl sites for hydroxylation is 2. The summed E-state index contributed by atoms with van der Waals surface area (Å²) in [6, 6.07) is 6.03. The quantitative estimate of drug-likeness (QED) is 0.825. The summed E-state index contributed by atoms with van der Waals surface area (Å²) in [6.07, 6.45) is 2.03. The van der Waals surface area contributed by atoms with Crippen molar-refractivity contribution in [2.75, 3.05) is 13.1 Å². The van der Waals surface area contributed by atoms with Gasteiger partial charge in [-0.05, 0) is 38.8 Å². The van der Waals surface area contributed by atoms with Crippen molar-refractivity contribution in [3.05, 3.63) is 51.0 Å². The van der Waals surface area contributed by atoms with Gasteiger partial charge in [0.2, 0.25) is 5.91 Å². The molecule has 6 heteroatoms. The summed E-state index contributed by atoms with van der Waals surface area (Å²) in [5.74, 6) is 0.388. The highest BCUT2D eigenvalue weighted by Crippen LogP contribution is 2.30. The highest BCUT2D eigenvalue weighted by Gasteiger charge is 2.27. The number of hydrogen-bond donors (Lipinski definition) is 1. The molecule has 2 amide bonds. The second-order valence-electron chi connectivity index (χ2n) is 8.02. The number of carbonyl (C=O) groups is 2. The van der Waals surface area contributed by atoms with Gasteiger partial charge in [0.15, 0.2) is 0 Å². The maximum absolute atomic E-state index is 13.0. The lowest BCUT2D eigenvalue weighted by Crippen LogP contribution is -2.39. The van der Waals surface area contributed by atoms with Crippen LogP contribution in [0.3, 0.4) is 0 Å². The smallest absolute Gasteiger partial charge is 0.253 e. The lowest BCUT2D eigenvalue weighted by Gasteiger charge is -2.32. The van der Waals surface area contributed by atoms with E-state index in [1.54, 1.807) is 11.3 Å². The number of nitrogens with one attached hydrogen (secondary N) is 1. The number of amides is 2. The lowest BCUT2D eigenvalue weighted by molar-refractivity contribution is -0.124. The number of nitrogens with zero attached hydrogens (tertiary/aromatic N) is 2. The molecule has 150 valence electrons. The highest BCUT2D eigenvalue weighted by atomic mass is 32.1. The molecule has 5 nitrogen and oxygen atoms in total. The van der Waals surface area contributed by atoms with Gasteiger partial charge in [-0.2, -0.15) is 0 Å². The van der Waals surface area contributed by atoms with E-state index in [-0.39, 0.29) is 23.7 Å². The molecule has 1 fully saturated rings. The van der Waals surface area contributed by atoms with E-state index < -0.39 is 0 Å². The molecule has 1 N–H and O–H groups in total. The maximum atomic E-state index is 13.0. The van der Waals surface area contributed by atoms with Crippen LogP contribution in [0.2, 0.25) is 0 Å². The normalized spacial score (nSPS) is 17.0. The second kappa shape index (κ2) is 8.86. The van der Waals surface area contributed by atoms with Gasteiger partial charge in [-0.15, -0.1) is 11.3 Å². The third-order valence-corrected chi connectivity index (χ3v) is 6.12. The van der Waals surface area contributed by atoms with Crippen LogP contribution in [0.25, 0.3) is 0 Å². The molecular formula is C22H29N3O2S. The molecule has 1 saturated heterocycles. The number of benzene rings is 1. The van der Waals surface area contributed by atoms with Crippen molar-refractivity contribution in [2.45, 2.75) is 53.0 Å². The van der Waals surface area contributed by atoms with Crippen molar-refractivity contribution >= 4 is 23.2 Å². The zero-order chi connectivity index (χ0) is 20.3. The van der Waals surface area contributed by atoms with Crippen LogP contribution in [-0.2, 0) is 11.3 Å². The Morgan fingerprint density at radius 2 is 1.96 bits per heavy atom. The summed E-state index contributed by atoms with van der Waals surface area (Å²) in [5.41, 5.74) is 3.90. The molecule has 1 aromatic carbocycles. The number of likely N-dealkylation sites (tertiary alicyclic amines) is 1. The van der Waals surface area contributed by atoms with Crippen molar-refractivity contribution < 1.29 is 9.59 Å². The number of carbonyl (C=O) groups excluding carboxylic acids is 2. The topological polar surface area (TPSA) is 62.3 Å². The lowest BCUT2D eigenvalue weighted by atomic mass is 9.97. The predicted octanol–water partition coefficient (Wildman–Crippen LogP) is 4.05. The van der Waals surface area contributed by atoms with E-state index in [1.165, 1.54) is 0 Å². The van der Waals surface area contributed by atoms with Crippen LogP contribution < -0.4 is 5.32 Å². The van der Waals surface area contributed by atoms with Gasteiger partial charge in [-0.25, -0.2) is 4.98 Å². The van der Waals surface area contributed by atoms with Crippen molar-refractivity contribution in [1.82, 2.24) is 15.2 Å². The van der Waals surface area contributed by atoms with Crippen molar-refractivity contribution in [2.24, 2.45) is 5.92 Å². The van der Waals surface area contributed by atoms with E-state index in [1.807, 2.05) is 50.1 Å². The summed E-state index contributed by atoms with van der Waals surface area (Å²) in [4.78, 5) is 31.4. The van der Waals surface area contributed by atoms with Crippen molar-refractivity contribution in [3.63, 3.8) is 0 Å². The molecule has 1 aliphatic rings. The second-order valence-corrected chi connectivity index (χ2v) is 8.91. The van der Waals surface area contributed by atoms with Gasteiger partial charge in [0, 0.05) is 35.9 Å². The van der Waals surface area contributed by atoms with Gasteiger partial charge >= 0.3 is 0 Å². The molecular weight excluding hydrogens is 370 g/mol. The fraction of sp³-hybridized carbons (Fsp3) is 0.500. The van der Waals surface area contributed by atoms with Crippen LogP contribution in [-0.4, -0.2) is 34.8 Å². The molecule has 0 radical (unpaired) electrons. The van der Waals surface area contributed by atoms with Gasteiger partial charge in [-0.1, -0.05) is 31.0 Å². The number of piperidine rings is 1. The van der Waals surface area contributed by atoms with Gasteiger partial charge < -0.3 is 10.2 Å². The van der Waals surface area contributed by atoms with Crippen molar-refractivity contribution in [1.29, 1.82) is 0 Å². The first-order valence-electron chi connectivity index (χ1n) is 9.93. The Morgan fingerprint density at radius 3 is 2.64 bits per heavy atom. The fourth-order valence-electron chi connectivity index (χ4n) is 3.62. The molecule has 0 bridgehead atoms. The first-order chi connectivity index (χ1) is 13.3. The Balaban J connectivity index is 1.65. The van der Waals surface area contributed by atoms with Crippen molar-refractivity contribution in [3.8, 4) is 0 Å². The van der Waals surface area contributed by atoms with Gasteiger partial charge in [0.1, 0.15) is 0 Å². The Bertz CT molecular complexity index is 839. The third kappa shape index (κ3) is 4.98. The summed E-state index contributed by atoms with van der Waals surface area (Å²) >= 11 is 1.63. The third-order valence-electron chi connectivity index (χ3n) is 5.06. The summed E-state index contributed by atoms with van der Waals surface area (Å²) < 4.78 is 0. The predicted molar refractivity (Wildman–Crippen MR) is 113 cm³/mol. The summed E-state index contributed by atoms with van der Waals surface area (Å²) in [7, 11) is 0. The fourth-order valence-corrected chi connectivity index (χ4v) is 4.56. The Labute approximate surface area is 171 Å². The van der Waals surface area contributed by atoms with E-state index in [2.05, 4.69) is 11.4 Å². The standard InChI is InChI=1S/C22H29N3O2S/c1-14(2)20(26)23-11-19-13-28-21(24-19)17-6-5-7-25(12-17)22(27)18-9-15(3)8-16(4)10-18/h8-10,13-14,17H,5-7,11-12H2,1-4H3,(H,23,26)/t17-/m0/s1. The molecule has 3 rings (SSSR count). The molecule has 1 atom stereocenters. The number of thiazole rings is 1.